The van der Waals surface area contributed by atoms with Gasteiger partial charge in [0, 0.05) is 22.7 Å². The van der Waals surface area contributed by atoms with Crippen molar-refractivity contribution in [1.82, 2.24) is 9.58 Å². The third-order valence-corrected chi connectivity index (χ3v) is 6.70. The molecule has 9 heteroatoms. The summed E-state index contributed by atoms with van der Waals surface area (Å²) in [4.78, 5) is 16.8. The fraction of sp³-hybridized carbons (Fsp3) is 0.185. The molecule has 0 radical (unpaired) electrons. The fourth-order valence-corrected chi connectivity index (χ4v) is 4.93. The topological polar surface area (TPSA) is 92.3 Å². The molecule has 5 rings (SSSR count). The molecule has 0 aliphatic carbocycles. The van der Waals surface area contributed by atoms with E-state index >= 15 is 0 Å². The van der Waals surface area contributed by atoms with Gasteiger partial charge < -0.3 is 14.0 Å². The van der Waals surface area contributed by atoms with Crippen molar-refractivity contribution >= 4 is 50.7 Å². The van der Waals surface area contributed by atoms with Crippen LogP contribution >= 0.6 is 11.8 Å². The number of allylic oxidation sites excluding steroid dienone is 1. The Morgan fingerprint density at radius 3 is 2.83 bits per heavy atom. The third kappa shape index (κ3) is 4.45. The number of methoxy groups -OCH3 is 1. The lowest BCUT2D eigenvalue weighted by molar-refractivity contribution is -0.114. The number of hydrazone groups is 1. The zero-order valence-electron chi connectivity index (χ0n) is 20.0. The van der Waals surface area contributed by atoms with Crippen LogP contribution in [0.3, 0.4) is 0 Å². The maximum Gasteiger partial charge on any atom is 0.283 e. The van der Waals surface area contributed by atoms with E-state index in [-0.39, 0.29) is 11.4 Å². The zero-order valence-corrected chi connectivity index (χ0v) is 20.8. The summed E-state index contributed by atoms with van der Waals surface area (Å²) in [6.07, 6.45) is 6.31. The highest BCUT2D eigenvalue weighted by Gasteiger charge is 2.34. The maximum atomic E-state index is 12.7. The molecule has 0 fully saturated rings. The molecule has 3 heterocycles. The SMILES string of the molecule is C=CCc1ccc(OCCn2cc(/C=C3/C(=N)N4N=C(C)SC4=NC3=O)c3ccccc32)c(OC)c1. The molecule has 182 valence electrons. The van der Waals surface area contributed by atoms with Crippen LogP contribution in [-0.4, -0.2) is 45.2 Å². The minimum Gasteiger partial charge on any atom is -0.493 e. The lowest BCUT2D eigenvalue weighted by Crippen LogP contribution is -2.35. The number of nitrogens with zero attached hydrogens (tertiary/aromatic N) is 4. The first-order valence-corrected chi connectivity index (χ1v) is 12.3. The van der Waals surface area contributed by atoms with Crippen molar-refractivity contribution in [3.05, 3.63) is 78.0 Å². The highest BCUT2D eigenvalue weighted by Crippen LogP contribution is 2.31. The molecule has 0 spiro atoms. The van der Waals surface area contributed by atoms with Gasteiger partial charge in [-0.2, -0.15) is 15.1 Å². The van der Waals surface area contributed by atoms with Gasteiger partial charge in [0.1, 0.15) is 6.61 Å². The van der Waals surface area contributed by atoms with Crippen molar-refractivity contribution in [1.29, 1.82) is 5.41 Å². The molecular weight excluding hydrogens is 474 g/mol. The lowest BCUT2D eigenvalue weighted by Gasteiger charge is -2.20. The van der Waals surface area contributed by atoms with Gasteiger partial charge >= 0.3 is 0 Å². The first kappa shape index (κ1) is 23.6. The Balaban J connectivity index is 1.39. The number of benzene rings is 2. The Hall–Kier alpha value is -4.11. The number of amides is 1. The normalized spacial score (nSPS) is 16.3. The summed E-state index contributed by atoms with van der Waals surface area (Å²) in [5, 5.41) is 16.4. The van der Waals surface area contributed by atoms with Crippen LogP contribution in [0.5, 0.6) is 11.5 Å². The van der Waals surface area contributed by atoms with Crippen LogP contribution in [-0.2, 0) is 17.8 Å². The Morgan fingerprint density at radius 2 is 2.03 bits per heavy atom. The van der Waals surface area contributed by atoms with E-state index in [0.29, 0.717) is 29.8 Å². The summed E-state index contributed by atoms with van der Waals surface area (Å²) in [7, 11) is 1.63. The number of aliphatic imine (C=N–C) groups is 1. The molecule has 1 N–H and O–H groups in total. The van der Waals surface area contributed by atoms with E-state index in [1.807, 2.05) is 61.7 Å². The number of carbonyl (C=O) groups is 1. The Labute approximate surface area is 213 Å². The van der Waals surface area contributed by atoms with Crippen molar-refractivity contribution in [3.63, 3.8) is 0 Å². The van der Waals surface area contributed by atoms with E-state index in [1.165, 1.54) is 16.8 Å². The van der Waals surface area contributed by atoms with Gasteiger partial charge in [0.25, 0.3) is 5.91 Å². The number of fused-ring (bicyclic) bond motifs is 2. The number of ether oxygens (including phenoxy) is 2. The van der Waals surface area contributed by atoms with E-state index in [9.17, 15) is 4.79 Å². The van der Waals surface area contributed by atoms with Crippen molar-refractivity contribution in [2.45, 2.75) is 19.9 Å². The highest BCUT2D eigenvalue weighted by atomic mass is 32.2. The van der Waals surface area contributed by atoms with Crippen LogP contribution < -0.4 is 9.47 Å². The number of para-hydroxylation sites is 1. The van der Waals surface area contributed by atoms with Crippen LogP contribution in [0.4, 0.5) is 0 Å². The van der Waals surface area contributed by atoms with Gasteiger partial charge in [0.15, 0.2) is 17.3 Å². The maximum absolute atomic E-state index is 12.7. The largest absolute Gasteiger partial charge is 0.493 e. The van der Waals surface area contributed by atoms with Crippen molar-refractivity contribution in [2.75, 3.05) is 13.7 Å². The number of rotatable bonds is 8. The standard InChI is InChI=1S/C27H25N5O3S/c1-4-7-18-10-11-23(24(14-18)34-3)35-13-12-31-16-19(20-8-5-6-9-22(20)31)15-21-25(28)32-27(29-26(21)33)36-17(2)30-32/h4-6,8-11,14-16,28H,1,7,12-13H2,2-3H3/b21-15-,28-25?. The molecule has 0 atom stereocenters. The average molecular weight is 500 g/mol. The predicted octanol–water partition coefficient (Wildman–Crippen LogP) is 5.10. The van der Waals surface area contributed by atoms with Gasteiger partial charge in [0.05, 0.1) is 24.3 Å². The quantitative estimate of drug-likeness (QED) is 0.344. The first-order valence-electron chi connectivity index (χ1n) is 11.4. The van der Waals surface area contributed by atoms with Crippen molar-refractivity contribution in [2.24, 2.45) is 10.1 Å². The van der Waals surface area contributed by atoms with Gasteiger partial charge in [-0.15, -0.1) is 6.58 Å². The fourth-order valence-electron chi connectivity index (χ4n) is 4.20. The summed E-state index contributed by atoms with van der Waals surface area (Å²) in [5.41, 5.74) is 3.15. The molecule has 0 unspecified atom stereocenters. The number of hydrogen-bond acceptors (Lipinski definition) is 6. The minimum atomic E-state index is -0.434. The van der Waals surface area contributed by atoms with Gasteiger partial charge in [-0.25, -0.2) is 0 Å². The minimum absolute atomic E-state index is 0.0292. The molecule has 0 saturated carbocycles. The third-order valence-electron chi connectivity index (χ3n) is 5.87. The lowest BCUT2D eigenvalue weighted by atomic mass is 10.1. The molecule has 36 heavy (non-hydrogen) atoms. The molecule has 2 aliphatic rings. The number of carbonyl (C=O) groups excluding carboxylic acids is 1. The number of hydrogen-bond donors (Lipinski definition) is 1. The van der Waals surface area contributed by atoms with Crippen molar-refractivity contribution < 1.29 is 14.3 Å². The average Bonchev–Trinajstić information content (AvgIpc) is 3.42. The summed E-state index contributed by atoms with van der Waals surface area (Å²) >= 11 is 1.29. The van der Waals surface area contributed by atoms with Crippen LogP contribution in [0.15, 0.2) is 77.0 Å². The van der Waals surface area contributed by atoms with Gasteiger partial charge in [-0.05, 0) is 54.9 Å². The zero-order chi connectivity index (χ0) is 25.2. The Morgan fingerprint density at radius 1 is 1.19 bits per heavy atom. The number of thioether (sulfide) groups is 1. The predicted molar refractivity (Wildman–Crippen MR) is 145 cm³/mol. The molecule has 0 bridgehead atoms. The smallest absolute Gasteiger partial charge is 0.283 e. The van der Waals surface area contributed by atoms with E-state index < -0.39 is 5.91 Å². The second kappa shape index (κ2) is 9.87. The Bertz CT molecular complexity index is 1480. The van der Waals surface area contributed by atoms with Crippen LogP contribution in [0.1, 0.15) is 18.1 Å². The highest BCUT2D eigenvalue weighted by molar-refractivity contribution is 8.26. The van der Waals surface area contributed by atoms with Crippen molar-refractivity contribution in [3.8, 4) is 11.5 Å². The first-order chi connectivity index (χ1) is 17.5. The summed E-state index contributed by atoms with van der Waals surface area (Å²) in [6.45, 7) is 6.62. The molecule has 8 nitrogen and oxygen atoms in total. The monoisotopic (exact) mass is 499 g/mol. The molecular formula is C27H25N5O3S. The summed E-state index contributed by atoms with van der Waals surface area (Å²) < 4.78 is 13.6. The number of nitrogens with one attached hydrogen (secondary N) is 1. The molecule has 1 aromatic heterocycles. The Kier molecular flexibility index (Phi) is 6.47. The summed E-state index contributed by atoms with van der Waals surface area (Å²) in [6, 6.07) is 13.8. The van der Waals surface area contributed by atoms with E-state index in [1.54, 1.807) is 13.2 Å². The summed E-state index contributed by atoms with van der Waals surface area (Å²) in [5.74, 6) is 0.958. The second-order valence-corrected chi connectivity index (χ2v) is 9.42. The van der Waals surface area contributed by atoms with E-state index in [2.05, 4.69) is 21.2 Å². The second-order valence-electron chi connectivity index (χ2n) is 8.26. The van der Waals surface area contributed by atoms with Gasteiger partial charge in [-0.1, -0.05) is 30.3 Å². The van der Waals surface area contributed by atoms with Gasteiger partial charge in [0.2, 0.25) is 5.17 Å². The van der Waals surface area contributed by atoms with E-state index in [4.69, 9.17) is 14.9 Å². The molecule has 2 aromatic carbocycles. The molecule has 1 amide bonds. The number of amidine groups is 2. The van der Waals surface area contributed by atoms with Crippen LogP contribution in [0.2, 0.25) is 0 Å². The van der Waals surface area contributed by atoms with E-state index in [0.717, 1.165) is 33.5 Å². The molecule has 2 aliphatic heterocycles. The van der Waals surface area contributed by atoms with Gasteiger partial charge in [-0.3, -0.25) is 10.2 Å². The molecule has 3 aromatic rings. The molecule has 0 saturated heterocycles. The van der Waals surface area contributed by atoms with Crippen LogP contribution in [0.25, 0.3) is 17.0 Å². The van der Waals surface area contributed by atoms with Crippen LogP contribution in [0, 0.1) is 5.41 Å². The number of aromatic nitrogens is 1.